The first-order valence-corrected chi connectivity index (χ1v) is 3.00. The normalized spacial score (nSPS) is 15.4. The molecule has 3 heteroatoms. The molecule has 10 heavy (non-hydrogen) atoms. The van der Waals surface area contributed by atoms with E-state index in [0.29, 0.717) is 6.42 Å². The lowest BCUT2D eigenvalue weighted by Gasteiger charge is -1.97. The quantitative estimate of drug-likeness (QED) is 0.528. The van der Waals surface area contributed by atoms with Gasteiger partial charge in [-0.25, -0.2) is 0 Å². The Morgan fingerprint density at radius 2 is 2.40 bits per heavy atom. The second-order valence-electron chi connectivity index (χ2n) is 2.20. The number of allylic oxidation sites excluding steroid dienone is 1. The van der Waals surface area contributed by atoms with E-state index in [2.05, 4.69) is 9.68 Å². The molecule has 1 aromatic rings. The first kappa shape index (κ1) is 5.41. The van der Waals surface area contributed by atoms with E-state index in [1.165, 1.54) is 12.3 Å². The molecule has 1 aliphatic carbocycles. The molecule has 1 heterocycles. The second-order valence-corrected chi connectivity index (χ2v) is 2.20. The summed E-state index contributed by atoms with van der Waals surface area (Å²) in [6.45, 7) is 0. The van der Waals surface area contributed by atoms with Crippen LogP contribution in [-0.4, -0.2) is 10.9 Å². The topological polar surface area (TPSA) is 43.1 Å². The van der Waals surface area contributed by atoms with Gasteiger partial charge in [0.25, 0.3) is 0 Å². The Morgan fingerprint density at radius 1 is 1.50 bits per heavy atom. The Morgan fingerprint density at radius 3 is 3.30 bits per heavy atom. The Kier molecular flexibility index (Phi) is 0.974. The van der Waals surface area contributed by atoms with Gasteiger partial charge in [-0.15, -0.1) is 0 Å². The van der Waals surface area contributed by atoms with E-state index in [-0.39, 0.29) is 5.78 Å². The number of fused-ring (bicyclic) bond motifs is 1. The monoisotopic (exact) mass is 135 g/mol. The van der Waals surface area contributed by atoms with E-state index < -0.39 is 0 Å². The highest BCUT2D eigenvalue weighted by molar-refractivity contribution is 5.97. The summed E-state index contributed by atoms with van der Waals surface area (Å²) in [5.74, 6) is 0.107. The average molecular weight is 135 g/mol. The van der Waals surface area contributed by atoms with E-state index in [4.69, 9.17) is 0 Å². The maximum atomic E-state index is 10.8. The molecule has 1 aromatic heterocycles. The molecule has 0 saturated heterocycles. The van der Waals surface area contributed by atoms with Crippen molar-refractivity contribution in [2.24, 2.45) is 0 Å². The van der Waals surface area contributed by atoms with Crippen molar-refractivity contribution in [3.05, 3.63) is 23.6 Å². The van der Waals surface area contributed by atoms with Crippen LogP contribution in [0.5, 0.6) is 0 Å². The van der Waals surface area contributed by atoms with Crippen molar-refractivity contribution in [2.75, 3.05) is 0 Å². The Balaban J connectivity index is 2.52. The van der Waals surface area contributed by atoms with Gasteiger partial charge in [0.05, 0.1) is 0 Å². The summed E-state index contributed by atoms with van der Waals surface area (Å²) in [5, 5.41) is 3.68. The SMILES string of the molecule is O=C1C=Cc2nocc2C1. The molecule has 50 valence electrons. The highest BCUT2D eigenvalue weighted by atomic mass is 16.5. The lowest BCUT2D eigenvalue weighted by molar-refractivity contribution is -0.114. The fourth-order valence-corrected chi connectivity index (χ4v) is 0.954. The largest absolute Gasteiger partial charge is 0.364 e. The van der Waals surface area contributed by atoms with Crippen molar-refractivity contribution in [3.8, 4) is 0 Å². The van der Waals surface area contributed by atoms with Gasteiger partial charge < -0.3 is 4.52 Å². The Bertz CT molecular complexity index is 298. The molecule has 0 spiro atoms. The number of hydrogen-bond acceptors (Lipinski definition) is 3. The molecule has 0 saturated carbocycles. The van der Waals surface area contributed by atoms with Gasteiger partial charge in [-0.3, -0.25) is 4.79 Å². The lowest BCUT2D eigenvalue weighted by atomic mass is 10.0. The molecule has 0 aliphatic heterocycles. The Labute approximate surface area is 57.3 Å². The van der Waals surface area contributed by atoms with E-state index >= 15 is 0 Å². The summed E-state index contributed by atoms with van der Waals surface area (Å²) >= 11 is 0. The summed E-state index contributed by atoms with van der Waals surface area (Å²) in [6.07, 6.45) is 5.13. The van der Waals surface area contributed by atoms with Gasteiger partial charge in [0.1, 0.15) is 12.0 Å². The van der Waals surface area contributed by atoms with Gasteiger partial charge in [0, 0.05) is 12.0 Å². The van der Waals surface area contributed by atoms with Crippen molar-refractivity contribution in [2.45, 2.75) is 6.42 Å². The van der Waals surface area contributed by atoms with Crippen LogP contribution < -0.4 is 0 Å². The van der Waals surface area contributed by atoms with Gasteiger partial charge >= 0.3 is 0 Å². The molecule has 0 amide bonds. The molecular formula is C7H5NO2. The predicted molar refractivity (Wildman–Crippen MR) is 34.2 cm³/mol. The average Bonchev–Trinajstić information content (AvgIpc) is 2.33. The van der Waals surface area contributed by atoms with Crippen molar-refractivity contribution >= 4 is 11.9 Å². The van der Waals surface area contributed by atoms with Crippen molar-refractivity contribution < 1.29 is 9.32 Å². The summed E-state index contributed by atoms with van der Waals surface area (Å²) in [4.78, 5) is 10.8. The molecule has 1 aliphatic rings. The van der Waals surface area contributed by atoms with Gasteiger partial charge in [-0.2, -0.15) is 0 Å². The molecule has 0 radical (unpaired) electrons. The van der Waals surface area contributed by atoms with E-state index in [9.17, 15) is 4.79 Å². The molecular weight excluding hydrogens is 130 g/mol. The van der Waals surface area contributed by atoms with Crippen LogP contribution in [0.2, 0.25) is 0 Å². The van der Waals surface area contributed by atoms with Crippen molar-refractivity contribution in [1.29, 1.82) is 0 Å². The number of carbonyl (C=O) groups excluding carboxylic acids is 1. The fourth-order valence-electron chi connectivity index (χ4n) is 0.954. The molecule has 0 unspecified atom stereocenters. The number of aromatic nitrogens is 1. The smallest absolute Gasteiger partial charge is 0.160 e. The number of hydrogen-bond donors (Lipinski definition) is 0. The standard InChI is InChI=1S/C7H5NO2/c9-6-1-2-7-5(3-6)4-10-8-7/h1-2,4H,3H2. The third-order valence-corrected chi connectivity index (χ3v) is 1.47. The summed E-state index contributed by atoms with van der Waals surface area (Å²) in [5.41, 5.74) is 1.66. The molecule has 2 rings (SSSR count). The first-order chi connectivity index (χ1) is 4.86. The van der Waals surface area contributed by atoms with Crippen LogP contribution in [0.15, 0.2) is 16.9 Å². The number of ketones is 1. The van der Waals surface area contributed by atoms with Gasteiger partial charge in [0.15, 0.2) is 5.78 Å². The summed E-state index contributed by atoms with van der Waals surface area (Å²) < 4.78 is 4.66. The van der Waals surface area contributed by atoms with E-state index in [1.807, 2.05) is 0 Å². The highest BCUT2D eigenvalue weighted by Gasteiger charge is 2.12. The molecule has 0 bridgehead atoms. The zero-order chi connectivity index (χ0) is 6.97. The molecule has 0 fully saturated rings. The van der Waals surface area contributed by atoms with Crippen molar-refractivity contribution in [3.63, 3.8) is 0 Å². The van der Waals surface area contributed by atoms with Gasteiger partial charge in [-0.05, 0) is 12.2 Å². The molecule has 3 nitrogen and oxygen atoms in total. The minimum Gasteiger partial charge on any atom is -0.364 e. The minimum absolute atomic E-state index is 0.107. The second kappa shape index (κ2) is 1.80. The van der Waals surface area contributed by atoms with E-state index in [1.54, 1.807) is 6.08 Å². The minimum atomic E-state index is 0.107. The van der Waals surface area contributed by atoms with Crippen LogP contribution in [0, 0.1) is 0 Å². The van der Waals surface area contributed by atoms with Crippen LogP contribution in [0.1, 0.15) is 11.3 Å². The zero-order valence-corrected chi connectivity index (χ0v) is 5.20. The van der Waals surface area contributed by atoms with Crippen LogP contribution >= 0.6 is 0 Å². The number of rotatable bonds is 0. The van der Waals surface area contributed by atoms with Crippen LogP contribution in [0.4, 0.5) is 0 Å². The third kappa shape index (κ3) is 0.673. The molecule has 0 N–H and O–H groups in total. The van der Waals surface area contributed by atoms with Gasteiger partial charge in [-0.1, -0.05) is 5.16 Å². The highest BCUT2D eigenvalue weighted by Crippen LogP contribution is 2.14. The van der Waals surface area contributed by atoms with Crippen molar-refractivity contribution in [1.82, 2.24) is 5.16 Å². The molecule has 0 atom stereocenters. The van der Waals surface area contributed by atoms with Crippen LogP contribution in [-0.2, 0) is 11.2 Å². The van der Waals surface area contributed by atoms with Crippen LogP contribution in [0.25, 0.3) is 6.08 Å². The van der Waals surface area contributed by atoms with Gasteiger partial charge in [0.2, 0.25) is 0 Å². The van der Waals surface area contributed by atoms with E-state index in [0.717, 1.165) is 11.3 Å². The number of nitrogens with zero attached hydrogens (tertiary/aromatic N) is 1. The number of carbonyl (C=O) groups is 1. The Hall–Kier alpha value is -1.38. The zero-order valence-electron chi connectivity index (χ0n) is 5.20. The molecule has 0 aromatic carbocycles. The lowest BCUT2D eigenvalue weighted by Crippen LogP contribution is -2.02. The third-order valence-electron chi connectivity index (χ3n) is 1.47. The maximum Gasteiger partial charge on any atom is 0.160 e. The summed E-state index contributed by atoms with van der Waals surface area (Å²) in [7, 11) is 0. The fraction of sp³-hybridized carbons (Fsp3) is 0.143. The predicted octanol–water partition coefficient (Wildman–Crippen LogP) is 0.813. The summed E-state index contributed by atoms with van der Waals surface area (Å²) in [6, 6.07) is 0. The first-order valence-electron chi connectivity index (χ1n) is 3.00. The maximum absolute atomic E-state index is 10.8. The van der Waals surface area contributed by atoms with Crippen LogP contribution in [0.3, 0.4) is 0 Å².